The molecule has 17 heavy (non-hydrogen) atoms. The second kappa shape index (κ2) is 3.60. The molecule has 6 nitrogen and oxygen atoms in total. The summed E-state index contributed by atoms with van der Waals surface area (Å²) >= 11 is 0. The highest BCUT2D eigenvalue weighted by molar-refractivity contribution is 5.63. The third-order valence-electron chi connectivity index (χ3n) is 2.56. The van der Waals surface area contributed by atoms with Gasteiger partial charge in [0.05, 0.1) is 12.3 Å². The molecule has 6 heteroatoms. The summed E-state index contributed by atoms with van der Waals surface area (Å²) in [7, 11) is 0. The fourth-order valence-corrected chi connectivity index (χ4v) is 1.78. The van der Waals surface area contributed by atoms with E-state index in [1.165, 1.54) is 0 Å². The van der Waals surface area contributed by atoms with Crippen LogP contribution in [0.3, 0.4) is 0 Å². The van der Waals surface area contributed by atoms with E-state index in [1.54, 1.807) is 10.6 Å². The zero-order valence-electron chi connectivity index (χ0n) is 8.96. The van der Waals surface area contributed by atoms with Gasteiger partial charge in [-0.1, -0.05) is 12.1 Å². The van der Waals surface area contributed by atoms with Gasteiger partial charge >= 0.3 is 0 Å². The van der Waals surface area contributed by atoms with Crippen LogP contribution in [0.4, 0.5) is 5.69 Å². The number of benzene rings is 1. The summed E-state index contributed by atoms with van der Waals surface area (Å²) in [6.45, 7) is -0.0558. The molecule has 0 saturated heterocycles. The highest BCUT2D eigenvalue weighted by atomic mass is 16.3. The van der Waals surface area contributed by atoms with Crippen molar-refractivity contribution in [3.8, 4) is 11.4 Å². The number of nitrogens with zero attached hydrogens (tertiary/aromatic N) is 3. The van der Waals surface area contributed by atoms with Crippen LogP contribution in [0.15, 0.2) is 30.3 Å². The van der Waals surface area contributed by atoms with Crippen LogP contribution in [0.2, 0.25) is 0 Å². The van der Waals surface area contributed by atoms with Gasteiger partial charge in [-0.2, -0.15) is 0 Å². The predicted octanol–water partition coefficient (Wildman–Crippen LogP) is 0.799. The molecule has 0 spiro atoms. The molecule has 0 radical (unpaired) electrons. The average Bonchev–Trinajstić information content (AvgIpc) is 2.87. The quantitative estimate of drug-likeness (QED) is 0.567. The van der Waals surface area contributed by atoms with Gasteiger partial charge in [-0.15, -0.1) is 10.2 Å². The number of aliphatic hydroxyl groups is 1. The van der Waals surface area contributed by atoms with Gasteiger partial charge in [0, 0.05) is 17.3 Å². The molecule has 0 fully saturated rings. The molecule has 2 aromatic heterocycles. The molecule has 2 heterocycles. The van der Waals surface area contributed by atoms with Crippen molar-refractivity contribution in [1.29, 1.82) is 0 Å². The van der Waals surface area contributed by atoms with Gasteiger partial charge in [0.25, 0.3) is 0 Å². The topological polar surface area (TPSA) is 92.2 Å². The van der Waals surface area contributed by atoms with Gasteiger partial charge in [0.2, 0.25) is 0 Å². The molecule has 3 aromatic rings. The molecule has 0 saturated carbocycles. The van der Waals surface area contributed by atoms with E-state index in [4.69, 9.17) is 10.8 Å². The van der Waals surface area contributed by atoms with Crippen LogP contribution in [0.1, 0.15) is 5.69 Å². The number of hydrogen-bond acceptors (Lipinski definition) is 4. The number of aromatic nitrogens is 4. The smallest absolute Gasteiger partial charge is 0.183 e. The number of fused-ring (bicyclic) bond motifs is 1. The molecule has 0 aliphatic carbocycles. The van der Waals surface area contributed by atoms with Gasteiger partial charge in [-0.05, 0) is 12.1 Å². The molecule has 0 bridgehead atoms. The van der Waals surface area contributed by atoms with Crippen molar-refractivity contribution in [1.82, 2.24) is 19.8 Å². The summed E-state index contributed by atoms with van der Waals surface area (Å²) < 4.78 is 1.72. The zero-order valence-corrected chi connectivity index (χ0v) is 8.96. The molecule has 3 rings (SSSR count). The van der Waals surface area contributed by atoms with Crippen molar-refractivity contribution >= 4 is 11.3 Å². The second-order valence-corrected chi connectivity index (χ2v) is 3.78. The maximum absolute atomic E-state index is 9.05. The number of aliphatic hydroxyl groups excluding tert-OH is 1. The summed E-state index contributed by atoms with van der Waals surface area (Å²) in [5, 5.41) is 20.2. The number of aromatic amines is 1. The zero-order chi connectivity index (χ0) is 11.8. The Hall–Kier alpha value is -2.34. The Morgan fingerprint density at radius 1 is 1.29 bits per heavy atom. The molecular weight excluding hydrogens is 218 g/mol. The first-order valence-electron chi connectivity index (χ1n) is 5.18. The van der Waals surface area contributed by atoms with Gasteiger partial charge in [0.1, 0.15) is 0 Å². The van der Waals surface area contributed by atoms with Crippen LogP contribution in [-0.2, 0) is 6.61 Å². The largest absolute Gasteiger partial charge is 0.399 e. The van der Waals surface area contributed by atoms with E-state index in [-0.39, 0.29) is 6.61 Å². The van der Waals surface area contributed by atoms with Crippen molar-refractivity contribution in [2.24, 2.45) is 0 Å². The van der Waals surface area contributed by atoms with Crippen LogP contribution in [-0.4, -0.2) is 24.9 Å². The van der Waals surface area contributed by atoms with Crippen LogP contribution in [0, 0.1) is 0 Å². The third-order valence-corrected chi connectivity index (χ3v) is 2.56. The fraction of sp³-hybridized carbons (Fsp3) is 0.0909. The SMILES string of the molecule is Nc1cccc(-c2nnc3cc(CO)[nH]n23)c1. The lowest BCUT2D eigenvalue weighted by Gasteiger charge is -1.99. The number of nitrogens with one attached hydrogen (secondary N) is 1. The van der Waals surface area contributed by atoms with Crippen LogP contribution in [0.5, 0.6) is 0 Å². The Kier molecular flexibility index (Phi) is 2.09. The highest BCUT2D eigenvalue weighted by Gasteiger charge is 2.10. The van der Waals surface area contributed by atoms with Crippen molar-refractivity contribution in [3.63, 3.8) is 0 Å². The fourth-order valence-electron chi connectivity index (χ4n) is 1.78. The summed E-state index contributed by atoms with van der Waals surface area (Å²) in [5.41, 5.74) is 8.65. The minimum atomic E-state index is -0.0558. The summed E-state index contributed by atoms with van der Waals surface area (Å²) in [5.74, 6) is 0.673. The maximum Gasteiger partial charge on any atom is 0.183 e. The second-order valence-electron chi connectivity index (χ2n) is 3.78. The van der Waals surface area contributed by atoms with E-state index >= 15 is 0 Å². The lowest BCUT2D eigenvalue weighted by molar-refractivity contribution is 0.276. The number of nitrogens with two attached hydrogens (primary N) is 1. The normalized spacial score (nSPS) is 11.1. The number of hydrogen-bond donors (Lipinski definition) is 3. The van der Waals surface area contributed by atoms with E-state index < -0.39 is 0 Å². The molecule has 1 aromatic carbocycles. The predicted molar refractivity (Wildman–Crippen MR) is 63.1 cm³/mol. The average molecular weight is 229 g/mol. The monoisotopic (exact) mass is 229 g/mol. The summed E-state index contributed by atoms with van der Waals surface area (Å²) in [6.07, 6.45) is 0. The van der Waals surface area contributed by atoms with Gasteiger partial charge in [0.15, 0.2) is 11.5 Å². The molecule has 86 valence electrons. The standard InChI is InChI=1S/C11H11N5O/c12-8-3-1-2-7(4-8)11-14-13-10-5-9(6-17)15-16(10)11/h1-5,15,17H,6,12H2. The Morgan fingerprint density at radius 3 is 2.94 bits per heavy atom. The van der Waals surface area contributed by atoms with Crippen molar-refractivity contribution in [3.05, 3.63) is 36.0 Å². The van der Waals surface area contributed by atoms with Gasteiger partial charge in [-0.3, -0.25) is 5.10 Å². The third kappa shape index (κ3) is 1.55. The van der Waals surface area contributed by atoms with Crippen LogP contribution in [0.25, 0.3) is 17.0 Å². The number of nitrogen functional groups attached to an aromatic ring is 1. The number of anilines is 1. The summed E-state index contributed by atoms with van der Waals surface area (Å²) in [6, 6.07) is 9.17. The Balaban J connectivity index is 2.19. The van der Waals surface area contributed by atoms with E-state index in [1.807, 2.05) is 24.3 Å². The molecule has 0 aliphatic heterocycles. The van der Waals surface area contributed by atoms with Crippen molar-refractivity contribution < 1.29 is 5.11 Å². The first-order chi connectivity index (χ1) is 8.28. The Morgan fingerprint density at radius 2 is 2.18 bits per heavy atom. The Labute approximate surface area is 96.7 Å². The minimum Gasteiger partial charge on any atom is -0.399 e. The van der Waals surface area contributed by atoms with Crippen LogP contribution >= 0.6 is 0 Å². The lowest BCUT2D eigenvalue weighted by Crippen LogP contribution is -1.93. The maximum atomic E-state index is 9.05. The molecule has 0 atom stereocenters. The first kappa shape index (κ1) is 9.86. The van der Waals surface area contributed by atoms with E-state index in [0.29, 0.717) is 22.9 Å². The molecular formula is C11H11N5O. The number of H-pyrrole nitrogens is 1. The number of rotatable bonds is 2. The Bertz CT molecular complexity index is 669. The molecule has 4 N–H and O–H groups in total. The van der Waals surface area contributed by atoms with E-state index in [9.17, 15) is 0 Å². The highest BCUT2D eigenvalue weighted by Crippen LogP contribution is 2.20. The van der Waals surface area contributed by atoms with E-state index in [2.05, 4.69) is 15.3 Å². The van der Waals surface area contributed by atoms with Crippen molar-refractivity contribution in [2.45, 2.75) is 6.61 Å². The summed E-state index contributed by atoms with van der Waals surface area (Å²) in [4.78, 5) is 0. The molecule has 0 unspecified atom stereocenters. The molecule has 0 amide bonds. The first-order valence-corrected chi connectivity index (χ1v) is 5.18. The van der Waals surface area contributed by atoms with E-state index in [0.717, 1.165) is 5.56 Å². The van der Waals surface area contributed by atoms with Crippen molar-refractivity contribution in [2.75, 3.05) is 5.73 Å². The minimum absolute atomic E-state index is 0.0558. The lowest BCUT2D eigenvalue weighted by atomic mass is 10.2. The van der Waals surface area contributed by atoms with Crippen LogP contribution < -0.4 is 5.73 Å². The van der Waals surface area contributed by atoms with Gasteiger partial charge < -0.3 is 10.8 Å². The molecule has 0 aliphatic rings. The van der Waals surface area contributed by atoms with Gasteiger partial charge in [-0.25, -0.2) is 4.52 Å².